The van der Waals surface area contributed by atoms with E-state index in [1.54, 1.807) is 0 Å². The number of likely N-dealkylation sites (tertiary alicyclic amines) is 1. The molecular weight excluding hydrogens is 304 g/mol. The third-order valence-electron chi connectivity index (χ3n) is 4.97. The molecule has 0 aliphatic carbocycles. The first kappa shape index (κ1) is 17.4. The van der Waals surface area contributed by atoms with Gasteiger partial charge in [-0.25, -0.2) is 0 Å². The van der Waals surface area contributed by atoms with Gasteiger partial charge in [-0.2, -0.15) is 0 Å². The maximum absolute atomic E-state index is 12.6. The average molecular weight is 332 g/mol. The molecule has 132 valence electrons. The Labute approximate surface area is 144 Å². The standard InChI is InChI=1S/C19H28N2O3/c1-2-21(14-16-6-4-3-5-7-16)18(22)15-20-10-8-17(9-11-20)19-23-12-13-24-19/h3-7,17,19H,2,8-15H2,1H3. The molecule has 3 rings (SSSR count). The molecule has 0 unspecified atom stereocenters. The van der Waals surface area contributed by atoms with Gasteiger partial charge in [-0.15, -0.1) is 0 Å². The Hall–Kier alpha value is -1.43. The van der Waals surface area contributed by atoms with Gasteiger partial charge in [-0.05, 0) is 38.4 Å². The van der Waals surface area contributed by atoms with Crippen molar-refractivity contribution < 1.29 is 14.3 Å². The maximum Gasteiger partial charge on any atom is 0.237 e. The van der Waals surface area contributed by atoms with E-state index in [-0.39, 0.29) is 12.2 Å². The number of piperidine rings is 1. The summed E-state index contributed by atoms with van der Waals surface area (Å²) in [6, 6.07) is 10.2. The van der Waals surface area contributed by atoms with Crippen molar-refractivity contribution in [2.75, 3.05) is 39.4 Å². The van der Waals surface area contributed by atoms with Crippen LogP contribution in [0.4, 0.5) is 0 Å². The highest BCUT2D eigenvalue weighted by Crippen LogP contribution is 2.25. The molecule has 2 fully saturated rings. The first-order valence-electron chi connectivity index (χ1n) is 9.03. The molecule has 0 aromatic heterocycles. The van der Waals surface area contributed by atoms with Crippen molar-refractivity contribution >= 4 is 5.91 Å². The van der Waals surface area contributed by atoms with Crippen LogP contribution in [0.1, 0.15) is 25.3 Å². The first-order valence-corrected chi connectivity index (χ1v) is 9.03. The number of nitrogens with zero attached hydrogens (tertiary/aromatic N) is 2. The smallest absolute Gasteiger partial charge is 0.237 e. The van der Waals surface area contributed by atoms with E-state index in [2.05, 4.69) is 17.0 Å². The molecule has 5 heteroatoms. The van der Waals surface area contributed by atoms with Gasteiger partial charge in [0.25, 0.3) is 0 Å². The van der Waals surface area contributed by atoms with Gasteiger partial charge >= 0.3 is 0 Å². The highest BCUT2D eigenvalue weighted by molar-refractivity contribution is 5.78. The van der Waals surface area contributed by atoms with Gasteiger partial charge in [0.05, 0.1) is 19.8 Å². The first-order chi connectivity index (χ1) is 11.8. The van der Waals surface area contributed by atoms with Crippen molar-refractivity contribution in [1.82, 2.24) is 9.80 Å². The Morgan fingerprint density at radius 3 is 2.46 bits per heavy atom. The second-order valence-corrected chi connectivity index (χ2v) is 6.62. The second-order valence-electron chi connectivity index (χ2n) is 6.62. The second kappa shape index (κ2) is 8.60. The predicted octanol–water partition coefficient (Wildman–Crippen LogP) is 2.12. The zero-order chi connectivity index (χ0) is 16.8. The summed E-state index contributed by atoms with van der Waals surface area (Å²) in [5.41, 5.74) is 1.18. The average Bonchev–Trinajstić information content (AvgIpc) is 3.16. The molecule has 0 spiro atoms. The lowest BCUT2D eigenvalue weighted by molar-refractivity contribution is -0.134. The van der Waals surface area contributed by atoms with Crippen LogP contribution in [0.15, 0.2) is 30.3 Å². The van der Waals surface area contributed by atoms with Crippen LogP contribution in [0.5, 0.6) is 0 Å². The summed E-state index contributed by atoms with van der Waals surface area (Å²) in [6.07, 6.45) is 2.07. The highest BCUT2D eigenvalue weighted by Gasteiger charge is 2.31. The van der Waals surface area contributed by atoms with Gasteiger partial charge in [0.15, 0.2) is 6.29 Å². The third kappa shape index (κ3) is 4.56. The molecule has 0 atom stereocenters. The number of likely N-dealkylation sites (N-methyl/N-ethyl adjacent to an activating group) is 1. The Kier molecular flexibility index (Phi) is 6.24. The van der Waals surface area contributed by atoms with Crippen LogP contribution >= 0.6 is 0 Å². The number of carbonyl (C=O) groups excluding carboxylic acids is 1. The molecule has 5 nitrogen and oxygen atoms in total. The van der Waals surface area contributed by atoms with E-state index in [4.69, 9.17) is 9.47 Å². The van der Waals surface area contributed by atoms with Crippen molar-refractivity contribution in [2.45, 2.75) is 32.6 Å². The van der Waals surface area contributed by atoms with E-state index >= 15 is 0 Å². The van der Waals surface area contributed by atoms with Crippen molar-refractivity contribution in [1.29, 1.82) is 0 Å². The van der Waals surface area contributed by atoms with E-state index in [9.17, 15) is 4.79 Å². The number of amides is 1. The summed E-state index contributed by atoms with van der Waals surface area (Å²) in [7, 11) is 0. The van der Waals surface area contributed by atoms with E-state index in [0.717, 1.165) is 32.5 Å². The molecule has 1 aromatic rings. The maximum atomic E-state index is 12.6. The number of ether oxygens (including phenoxy) is 2. The van der Waals surface area contributed by atoms with Gasteiger partial charge in [0.2, 0.25) is 5.91 Å². The molecule has 2 aliphatic rings. The Bertz CT molecular complexity index is 509. The molecule has 2 heterocycles. The van der Waals surface area contributed by atoms with Crippen molar-refractivity contribution in [2.24, 2.45) is 5.92 Å². The van der Waals surface area contributed by atoms with Gasteiger partial charge in [-0.1, -0.05) is 30.3 Å². The van der Waals surface area contributed by atoms with Crippen LogP contribution in [-0.2, 0) is 20.8 Å². The van der Waals surface area contributed by atoms with Gasteiger partial charge in [0, 0.05) is 19.0 Å². The minimum Gasteiger partial charge on any atom is -0.350 e. The zero-order valence-corrected chi connectivity index (χ0v) is 14.5. The minimum atomic E-state index is -0.0203. The normalized spacial score (nSPS) is 20.4. The third-order valence-corrected chi connectivity index (χ3v) is 4.97. The number of rotatable bonds is 6. The molecule has 0 bridgehead atoms. The largest absolute Gasteiger partial charge is 0.350 e. The van der Waals surface area contributed by atoms with Crippen LogP contribution in [0.2, 0.25) is 0 Å². The Morgan fingerprint density at radius 1 is 1.17 bits per heavy atom. The van der Waals surface area contributed by atoms with E-state index in [1.165, 1.54) is 5.56 Å². The summed E-state index contributed by atoms with van der Waals surface area (Å²) < 4.78 is 11.2. The molecular formula is C19H28N2O3. The van der Waals surface area contributed by atoms with Crippen LogP contribution in [0.3, 0.4) is 0 Å². The van der Waals surface area contributed by atoms with E-state index in [1.807, 2.05) is 30.0 Å². The fourth-order valence-electron chi connectivity index (χ4n) is 3.50. The number of benzene rings is 1. The molecule has 2 saturated heterocycles. The van der Waals surface area contributed by atoms with Crippen LogP contribution in [0, 0.1) is 5.92 Å². The fourth-order valence-corrected chi connectivity index (χ4v) is 3.50. The molecule has 0 saturated carbocycles. The molecule has 1 aromatic carbocycles. The highest BCUT2D eigenvalue weighted by atomic mass is 16.7. The summed E-state index contributed by atoms with van der Waals surface area (Å²) in [6.45, 7) is 7.32. The Balaban J connectivity index is 1.45. The number of hydrogen-bond acceptors (Lipinski definition) is 4. The van der Waals surface area contributed by atoms with E-state index < -0.39 is 0 Å². The molecule has 1 amide bonds. The summed E-state index contributed by atoms with van der Waals surface area (Å²) in [4.78, 5) is 16.8. The summed E-state index contributed by atoms with van der Waals surface area (Å²) in [5.74, 6) is 0.693. The predicted molar refractivity (Wildman–Crippen MR) is 92.4 cm³/mol. The van der Waals surface area contributed by atoms with Crippen molar-refractivity contribution in [3.63, 3.8) is 0 Å². The molecule has 0 radical (unpaired) electrons. The van der Waals surface area contributed by atoms with Crippen molar-refractivity contribution in [3.8, 4) is 0 Å². The quantitative estimate of drug-likeness (QED) is 0.800. The lowest BCUT2D eigenvalue weighted by atomic mass is 9.96. The summed E-state index contributed by atoms with van der Waals surface area (Å²) in [5, 5.41) is 0. The lowest BCUT2D eigenvalue weighted by Gasteiger charge is -2.34. The van der Waals surface area contributed by atoms with Crippen molar-refractivity contribution in [3.05, 3.63) is 35.9 Å². The topological polar surface area (TPSA) is 42.0 Å². The van der Waals surface area contributed by atoms with Gasteiger partial charge < -0.3 is 14.4 Å². The van der Waals surface area contributed by atoms with Crippen LogP contribution in [-0.4, -0.2) is 61.4 Å². The summed E-state index contributed by atoms with van der Waals surface area (Å²) >= 11 is 0. The van der Waals surface area contributed by atoms with E-state index in [0.29, 0.717) is 32.2 Å². The van der Waals surface area contributed by atoms with Crippen LogP contribution < -0.4 is 0 Å². The minimum absolute atomic E-state index is 0.0203. The monoisotopic (exact) mass is 332 g/mol. The number of carbonyl (C=O) groups is 1. The number of hydrogen-bond donors (Lipinski definition) is 0. The molecule has 2 aliphatic heterocycles. The van der Waals surface area contributed by atoms with Crippen LogP contribution in [0.25, 0.3) is 0 Å². The zero-order valence-electron chi connectivity index (χ0n) is 14.5. The van der Waals surface area contributed by atoms with Gasteiger partial charge in [0.1, 0.15) is 0 Å². The fraction of sp³-hybridized carbons (Fsp3) is 0.632. The molecule has 0 N–H and O–H groups in total. The van der Waals surface area contributed by atoms with Gasteiger partial charge in [-0.3, -0.25) is 9.69 Å². The Morgan fingerprint density at radius 2 is 1.83 bits per heavy atom. The lowest BCUT2D eigenvalue weighted by Crippen LogP contribution is -2.44. The SMILES string of the molecule is CCN(Cc1ccccc1)C(=O)CN1CCC(C2OCCO2)CC1. The molecule has 24 heavy (non-hydrogen) atoms.